The number of nitrogens with one attached hydrogen (secondary N) is 2. The maximum absolute atomic E-state index is 12.3. The van der Waals surface area contributed by atoms with Gasteiger partial charge in [-0.25, -0.2) is 8.42 Å². The molecule has 0 heterocycles. The molecular formula is C16H16ClN3O5S. The van der Waals surface area contributed by atoms with E-state index in [0.717, 1.165) is 0 Å². The highest BCUT2D eigenvalue weighted by Crippen LogP contribution is 2.25. The van der Waals surface area contributed by atoms with Crippen molar-refractivity contribution in [1.82, 2.24) is 4.72 Å². The fourth-order valence-electron chi connectivity index (χ4n) is 2.17. The van der Waals surface area contributed by atoms with E-state index in [1.54, 1.807) is 0 Å². The minimum Gasteiger partial charge on any atom is -0.324 e. The van der Waals surface area contributed by atoms with Crippen molar-refractivity contribution in [3.8, 4) is 0 Å². The molecule has 1 unspecified atom stereocenters. The Morgan fingerprint density at radius 3 is 2.38 bits per heavy atom. The number of amides is 1. The second-order valence-corrected chi connectivity index (χ2v) is 7.64. The zero-order valence-corrected chi connectivity index (χ0v) is 15.5. The fourth-order valence-corrected chi connectivity index (χ4v) is 3.49. The van der Waals surface area contributed by atoms with Gasteiger partial charge in [-0.3, -0.25) is 14.9 Å². The number of carbonyl (C=O) groups excluding carboxylic acids is 1. The molecule has 2 aromatic rings. The highest BCUT2D eigenvalue weighted by atomic mass is 35.5. The lowest BCUT2D eigenvalue weighted by Gasteiger charge is -2.15. The number of rotatable bonds is 6. The summed E-state index contributed by atoms with van der Waals surface area (Å²) in [5.74, 6) is -0.647. The van der Waals surface area contributed by atoms with E-state index in [0.29, 0.717) is 5.02 Å². The van der Waals surface area contributed by atoms with Gasteiger partial charge in [-0.05, 0) is 44.2 Å². The molecule has 138 valence electrons. The monoisotopic (exact) mass is 397 g/mol. The summed E-state index contributed by atoms with van der Waals surface area (Å²) in [7, 11) is -3.92. The first-order chi connectivity index (χ1) is 12.1. The van der Waals surface area contributed by atoms with Crippen molar-refractivity contribution in [3.63, 3.8) is 0 Å². The molecule has 8 nitrogen and oxygen atoms in total. The lowest BCUT2D eigenvalue weighted by Crippen LogP contribution is -2.41. The summed E-state index contributed by atoms with van der Waals surface area (Å²) in [5.41, 5.74) is 0.373. The van der Waals surface area contributed by atoms with Crippen molar-refractivity contribution in [2.45, 2.75) is 24.8 Å². The van der Waals surface area contributed by atoms with Gasteiger partial charge in [-0.15, -0.1) is 0 Å². The van der Waals surface area contributed by atoms with Crippen molar-refractivity contribution in [3.05, 3.63) is 63.2 Å². The molecule has 0 bridgehead atoms. The van der Waals surface area contributed by atoms with E-state index in [2.05, 4.69) is 10.0 Å². The van der Waals surface area contributed by atoms with Crippen LogP contribution in [-0.2, 0) is 14.8 Å². The van der Waals surface area contributed by atoms with Crippen LogP contribution in [0.15, 0.2) is 47.4 Å². The summed E-state index contributed by atoms with van der Waals surface area (Å²) in [6.45, 7) is 2.87. The summed E-state index contributed by atoms with van der Waals surface area (Å²) >= 11 is 5.73. The number of nitro groups is 1. The lowest BCUT2D eigenvalue weighted by atomic mass is 10.1. The van der Waals surface area contributed by atoms with Crippen molar-refractivity contribution >= 4 is 38.9 Å². The van der Waals surface area contributed by atoms with Crippen LogP contribution in [0.1, 0.15) is 12.5 Å². The summed E-state index contributed by atoms with van der Waals surface area (Å²) in [6.07, 6.45) is 0. The van der Waals surface area contributed by atoms with Gasteiger partial charge in [0.2, 0.25) is 15.9 Å². The van der Waals surface area contributed by atoms with Gasteiger partial charge in [0.05, 0.1) is 27.1 Å². The van der Waals surface area contributed by atoms with Crippen molar-refractivity contribution < 1.29 is 18.1 Å². The Labute approximate surface area is 155 Å². The first-order valence-corrected chi connectivity index (χ1v) is 9.30. The van der Waals surface area contributed by atoms with Gasteiger partial charge in [-0.1, -0.05) is 17.7 Å². The van der Waals surface area contributed by atoms with Crippen molar-refractivity contribution in [2.75, 3.05) is 5.32 Å². The van der Waals surface area contributed by atoms with Gasteiger partial charge in [0, 0.05) is 11.1 Å². The number of nitro benzene ring substituents is 1. The molecule has 2 aromatic carbocycles. The molecule has 0 aromatic heterocycles. The van der Waals surface area contributed by atoms with Gasteiger partial charge in [-0.2, -0.15) is 4.72 Å². The zero-order valence-electron chi connectivity index (χ0n) is 13.9. The first kappa shape index (κ1) is 19.8. The van der Waals surface area contributed by atoms with E-state index in [1.807, 2.05) is 0 Å². The largest absolute Gasteiger partial charge is 0.324 e. The van der Waals surface area contributed by atoms with E-state index >= 15 is 0 Å². The standard InChI is InChI=1S/C16H16ClN3O5S/c1-10-14(4-3-5-15(10)20(22)23)18-16(21)11(2)19-26(24,25)13-8-6-12(17)7-9-13/h3-9,11,19H,1-2H3,(H,18,21). The molecule has 0 radical (unpaired) electrons. The average molecular weight is 398 g/mol. The number of sulfonamides is 1. The Hall–Kier alpha value is -2.49. The van der Waals surface area contributed by atoms with Crippen LogP contribution >= 0.6 is 11.6 Å². The van der Waals surface area contributed by atoms with Gasteiger partial charge >= 0.3 is 0 Å². The van der Waals surface area contributed by atoms with Gasteiger partial charge in [0.15, 0.2) is 0 Å². The maximum Gasteiger partial charge on any atom is 0.274 e. The number of carbonyl (C=O) groups is 1. The number of hydrogen-bond donors (Lipinski definition) is 2. The second kappa shape index (κ2) is 7.81. The quantitative estimate of drug-likeness (QED) is 0.573. The van der Waals surface area contributed by atoms with Crippen LogP contribution < -0.4 is 10.0 Å². The van der Waals surface area contributed by atoms with Crippen LogP contribution in [0.4, 0.5) is 11.4 Å². The van der Waals surface area contributed by atoms with Crippen LogP contribution in [0.25, 0.3) is 0 Å². The van der Waals surface area contributed by atoms with Crippen LogP contribution in [0.2, 0.25) is 5.02 Å². The molecule has 0 fully saturated rings. The Balaban J connectivity index is 2.14. The molecule has 26 heavy (non-hydrogen) atoms. The van der Waals surface area contributed by atoms with Crippen LogP contribution in [-0.4, -0.2) is 25.3 Å². The maximum atomic E-state index is 12.3. The summed E-state index contributed by atoms with van der Waals surface area (Å²) in [5, 5.41) is 13.8. The van der Waals surface area contributed by atoms with Gasteiger partial charge < -0.3 is 5.32 Å². The SMILES string of the molecule is Cc1c(NC(=O)C(C)NS(=O)(=O)c2ccc(Cl)cc2)cccc1[N+](=O)[O-]. The summed E-state index contributed by atoms with van der Waals surface area (Å²) < 4.78 is 26.8. The number of benzene rings is 2. The third kappa shape index (κ3) is 4.57. The second-order valence-electron chi connectivity index (χ2n) is 5.49. The molecule has 2 rings (SSSR count). The van der Waals surface area contributed by atoms with Gasteiger partial charge in [0.25, 0.3) is 5.69 Å². The Bertz CT molecular complexity index is 945. The third-order valence-electron chi connectivity index (χ3n) is 3.61. The molecule has 1 amide bonds. The van der Waals surface area contributed by atoms with Crippen LogP contribution in [0, 0.1) is 17.0 Å². The minimum absolute atomic E-state index is 0.0342. The molecule has 2 N–H and O–H groups in total. The molecule has 0 aliphatic carbocycles. The van der Waals surface area contributed by atoms with Crippen molar-refractivity contribution in [1.29, 1.82) is 0 Å². The molecule has 0 saturated heterocycles. The van der Waals surface area contributed by atoms with E-state index in [4.69, 9.17) is 11.6 Å². The summed E-state index contributed by atoms with van der Waals surface area (Å²) in [4.78, 5) is 22.6. The van der Waals surface area contributed by atoms with Crippen LogP contribution in [0.5, 0.6) is 0 Å². The van der Waals surface area contributed by atoms with E-state index in [-0.39, 0.29) is 21.8 Å². The van der Waals surface area contributed by atoms with Crippen molar-refractivity contribution in [2.24, 2.45) is 0 Å². The molecule has 0 aliphatic heterocycles. The van der Waals surface area contributed by atoms with Crippen LogP contribution in [0.3, 0.4) is 0 Å². The van der Waals surface area contributed by atoms with Gasteiger partial charge in [0.1, 0.15) is 0 Å². The topological polar surface area (TPSA) is 118 Å². The molecule has 10 heteroatoms. The third-order valence-corrected chi connectivity index (χ3v) is 5.42. The molecule has 0 saturated carbocycles. The number of hydrogen-bond acceptors (Lipinski definition) is 5. The first-order valence-electron chi connectivity index (χ1n) is 7.44. The normalized spacial score (nSPS) is 12.4. The summed E-state index contributed by atoms with van der Waals surface area (Å²) in [6, 6.07) is 8.64. The molecule has 0 aliphatic rings. The fraction of sp³-hybridized carbons (Fsp3) is 0.188. The van der Waals surface area contributed by atoms with E-state index < -0.39 is 26.9 Å². The Kier molecular flexibility index (Phi) is 5.96. The highest BCUT2D eigenvalue weighted by molar-refractivity contribution is 7.89. The Morgan fingerprint density at radius 2 is 1.81 bits per heavy atom. The van der Waals surface area contributed by atoms with E-state index in [9.17, 15) is 23.3 Å². The zero-order chi connectivity index (χ0) is 19.5. The lowest BCUT2D eigenvalue weighted by molar-refractivity contribution is -0.385. The number of nitrogens with zero attached hydrogens (tertiary/aromatic N) is 1. The number of halogens is 1. The molecule has 0 spiro atoms. The predicted octanol–water partition coefficient (Wildman–Crippen LogP) is 2.86. The number of anilines is 1. The predicted molar refractivity (Wildman–Crippen MR) is 97.7 cm³/mol. The Morgan fingerprint density at radius 1 is 1.19 bits per heavy atom. The molecule has 1 atom stereocenters. The minimum atomic E-state index is -3.92. The average Bonchev–Trinajstić information content (AvgIpc) is 2.56. The highest BCUT2D eigenvalue weighted by Gasteiger charge is 2.23. The molecular weight excluding hydrogens is 382 g/mol. The van der Waals surface area contributed by atoms with E-state index in [1.165, 1.54) is 56.3 Å². The smallest absolute Gasteiger partial charge is 0.274 e.